The van der Waals surface area contributed by atoms with Gasteiger partial charge in [-0.1, -0.05) is 24.3 Å². The van der Waals surface area contributed by atoms with Gasteiger partial charge in [0.25, 0.3) is 0 Å². The second kappa shape index (κ2) is 17.0. The third-order valence-electron chi connectivity index (χ3n) is 7.15. The zero-order chi connectivity index (χ0) is 35.4. The molecule has 0 unspecified atom stereocenters. The van der Waals surface area contributed by atoms with Gasteiger partial charge in [0, 0.05) is 36.9 Å². The van der Waals surface area contributed by atoms with Crippen LogP contribution in [0.2, 0.25) is 0 Å². The van der Waals surface area contributed by atoms with Crippen LogP contribution in [-0.4, -0.2) is 62.2 Å². The quantitative estimate of drug-likeness (QED) is 0.141. The van der Waals surface area contributed by atoms with Crippen molar-refractivity contribution in [3.05, 3.63) is 95.4 Å². The summed E-state index contributed by atoms with van der Waals surface area (Å²) in [6.45, 7) is 7.95. The summed E-state index contributed by atoms with van der Waals surface area (Å²) in [6.07, 6.45) is 1.56. The van der Waals surface area contributed by atoms with Crippen LogP contribution in [0.1, 0.15) is 50.1 Å². The number of nitrogens with one attached hydrogen (secondary N) is 1. The van der Waals surface area contributed by atoms with Crippen molar-refractivity contribution in [3.63, 3.8) is 0 Å². The van der Waals surface area contributed by atoms with E-state index in [4.69, 9.17) is 28.4 Å². The number of methoxy groups -OCH3 is 3. The molecule has 49 heavy (non-hydrogen) atoms. The summed E-state index contributed by atoms with van der Waals surface area (Å²) in [4.78, 5) is 35.3. The first-order chi connectivity index (χ1) is 23.5. The van der Waals surface area contributed by atoms with Crippen molar-refractivity contribution in [2.24, 2.45) is 0 Å². The molecule has 1 N–H and O–H groups in total. The maximum absolute atomic E-state index is 12.4. The van der Waals surface area contributed by atoms with Gasteiger partial charge in [0.1, 0.15) is 40.7 Å². The van der Waals surface area contributed by atoms with Gasteiger partial charge in [0.2, 0.25) is 0 Å². The molecule has 3 aromatic carbocycles. The topological polar surface area (TPSA) is 131 Å². The summed E-state index contributed by atoms with van der Waals surface area (Å²) in [5, 5.41) is 2.83. The van der Waals surface area contributed by atoms with Crippen molar-refractivity contribution < 1.29 is 38.0 Å². The number of esters is 1. The van der Waals surface area contributed by atoms with Crippen LogP contribution in [-0.2, 0) is 33.8 Å². The van der Waals surface area contributed by atoms with Crippen LogP contribution in [0.25, 0.3) is 0 Å². The van der Waals surface area contributed by atoms with Crippen LogP contribution >= 0.6 is 0 Å². The molecule has 1 heterocycles. The predicted octanol–water partition coefficient (Wildman–Crippen LogP) is 6.40. The molecule has 0 fully saturated rings. The molecule has 260 valence electrons. The van der Waals surface area contributed by atoms with Gasteiger partial charge in [-0.05, 0) is 63.1 Å². The Hall–Kier alpha value is -5.52. The average Bonchev–Trinajstić information content (AvgIpc) is 3.08. The Kier molecular flexibility index (Phi) is 12.6. The number of aromatic nitrogens is 2. The van der Waals surface area contributed by atoms with Crippen LogP contribution in [0.15, 0.2) is 73.1 Å². The number of benzene rings is 3. The molecule has 4 rings (SSSR count). The number of ether oxygens (including phenoxy) is 6. The normalized spacial score (nSPS) is 10.9. The van der Waals surface area contributed by atoms with Crippen molar-refractivity contribution in [2.75, 3.05) is 39.4 Å². The van der Waals surface area contributed by atoms with Crippen LogP contribution in [0.4, 0.5) is 16.3 Å². The third-order valence-corrected chi connectivity index (χ3v) is 7.15. The number of nitrogens with zero attached hydrogens (tertiary/aromatic N) is 3. The van der Waals surface area contributed by atoms with Crippen molar-refractivity contribution in [3.8, 4) is 23.0 Å². The van der Waals surface area contributed by atoms with Gasteiger partial charge in [0.15, 0.2) is 6.61 Å². The van der Waals surface area contributed by atoms with Crippen molar-refractivity contribution >= 4 is 23.6 Å². The number of anilines is 2. The number of hydrogen-bond acceptors (Lipinski definition) is 11. The molecule has 12 heteroatoms. The molecule has 0 spiro atoms. The van der Waals surface area contributed by atoms with Gasteiger partial charge < -0.3 is 38.6 Å². The van der Waals surface area contributed by atoms with E-state index in [9.17, 15) is 9.59 Å². The van der Waals surface area contributed by atoms with Crippen molar-refractivity contribution in [2.45, 2.75) is 52.8 Å². The third kappa shape index (κ3) is 10.7. The van der Waals surface area contributed by atoms with E-state index in [1.165, 1.54) is 6.33 Å². The lowest BCUT2D eigenvalue weighted by atomic mass is 10.1. The number of amides is 1. The molecule has 4 aromatic rings. The fourth-order valence-corrected chi connectivity index (χ4v) is 4.91. The number of carbonyl (C=O) groups is 2. The second-order valence-corrected chi connectivity index (χ2v) is 11.9. The Morgan fingerprint density at radius 2 is 1.55 bits per heavy atom. The van der Waals surface area contributed by atoms with E-state index in [0.717, 1.165) is 28.1 Å². The molecule has 0 aliphatic carbocycles. The molecule has 0 saturated heterocycles. The zero-order valence-electron chi connectivity index (χ0n) is 29.1. The zero-order valence-corrected chi connectivity index (χ0v) is 29.1. The Morgan fingerprint density at radius 3 is 2.18 bits per heavy atom. The van der Waals surface area contributed by atoms with Crippen LogP contribution in [0.3, 0.4) is 0 Å². The summed E-state index contributed by atoms with van der Waals surface area (Å²) in [5.41, 5.74) is 3.63. The standard InChI is InChI=1S/C37H44N4O8/c1-8-47-35(42)23-48-29-14-12-25(13-15-29)16-27-18-34(40-24-39-27)41(22-31-32(45-6)19-30(44-5)20-33(31)46-7)28-11-9-10-26(17-28)21-38-36(43)49-37(2,3)4/h9-15,17-20,24H,8,16,21-23H2,1-7H3,(H,38,43). The van der Waals surface area contributed by atoms with Gasteiger partial charge in [0.05, 0.1) is 45.7 Å². The predicted molar refractivity (Wildman–Crippen MR) is 185 cm³/mol. The van der Waals surface area contributed by atoms with E-state index in [0.29, 0.717) is 48.4 Å². The maximum Gasteiger partial charge on any atom is 0.407 e. The number of alkyl carbamates (subject to hydrolysis) is 1. The highest BCUT2D eigenvalue weighted by molar-refractivity contribution is 5.71. The molecule has 0 saturated carbocycles. The fourth-order valence-electron chi connectivity index (χ4n) is 4.91. The van der Waals surface area contributed by atoms with E-state index in [-0.39, 0.29) is 13.2 Å². The number of rotatable bonds is 15. The van der Waals surface area contributed by atoms with E-state index in [1.807, 2.05) is 92.4 Å². The monoisotopic (exact) mass is 672 g/mol. The molecule has 0 radical (unpaired) electrons. The molecular weight excluding hydrogens is 628 g/mol. The fraction of sp³-hybridized carbons (Fsp3) is 0.351. The van der Waals surface area contributed by atoms with Crippen LogP contribution in [0.5, 0.6) is 23.0 Å². The number of hydrogen-bond donors (Lipinski definition) is 1. The summed E-state index contributed by atoms with van der Waals surface area (Å²) in [7, 11) is 4.78. The smallest absolute Gasteiger partial charge is 0.407 e. The average molecular weight is 673 g/mol. The summed E-state index contributed by atoms with van der Waals surface area (Å²) in [5.74, 6) is 2.55. The Bertz CT molecular complexity index is 1680. The highest BCUT2D eigenvalue weighted by atomic mass is 16.6. The van der Waals surface area contributed by atoms with E-state index >= 15 is 0 Å². The first-order valence-electron chi connectivity index (χ1n) is 15.8. The molecule has 12 nitrogen and oxygen atoms in total. The first-order valence-corrected chi connectivity index (χ1v) is 15.8. The lowest BCUT2D eigenvalue weighted by molar-refractivity contribution is -0.145. The molecular formula is C37H44N4O8. The van der Waals surface area contributed by atoms with Gasteiger partial charge in [-0.25, -0.2) is 19.6 Å². The maximum atomic E-state index is 12.4. The lowest BCUT2D eigenvalue weighted by Gasteiger charge is -2.27. The molecule has 1 amide bonds. The molecule has 0 aliphatic rings. The first kappa shape index (κ1) is 36.3. The molecule has 0 aliphatic heterocycles. The Balaban J connectivity index is 1.65. The molecule has 1 aromatic heterocycles. The highest BCUT2D eigenvalue weighted by Crippen LogP contribution is 2.38. The Labute approximate surface area is 287 Å². The largest absolute Gasteiger partial charge is 0.496 e. The number of carbonyl (C=O) groups excluding carboxylic acids is 2. The summed E-state index contributed by atoms with van der Waals surface area (Å²) >= 11 is 0. The van der Waals surface area contributed by atoms with Crippen LogP contribution in [0, 0.1) is 0 Å². The molecule has 0 bridgehead atoms. The van der Waals surface area contributed by atoms with Gasteiger partial charge in [-0.2, -0.15) is 0 Å². The summed E-state index contributed by atoms with van der Waals surface area (Å²) in [6, 6.07) is 20.8. The van der Waals surface area contributed by atoms with Crippen LogP contribution < -0.4 is 29.2 Å². The summed E-state index contributed by atoms with van der Waals surface area (Å²) < 4.78 is 32.9. The van der Waals surface area contributed by atoms with Gasteiger partial charge in [-0.15, -0.1) is 0 Å². The minimum absolute atomic E-state index is 0.152. The minimum Gasteiger partial charge on any atom is -0.496 e. The SMILES string of the molecule is CCOC(=O)COc1ccc(Cc2cc(N(Cc3c(OC)cc(OC)cc3OC)c3cccc(CNC(=O)OC(C)(C)C)c3)ncn2)cc1. The minimum atomic E-state index is -0.607. The van der Waals surface area contributed by atoms with E-state index < -0.39 is 17.7 Å². The highest BCUT2D eigenvalue weighted by Gasteiger charge is 2.21. The van der Waals surface area contributed by atoms with Crippen molar-refractivity contribution in [1.82, 2.24) is 15.3 Å². The van der Waals surface area contributed by atoms with Gasteiger partial charge in [-0.3, -0.25) is 0 Å². The van der Waals surface area contributed by atoms with Crippen molar-refractivity contribution in [1.29, 1.82) is 0 Å². The van der Waals surface area contributed by atoms with E-state index in [2.05, 4.69) is 15.3 Å². The lowest BCUT2D eigenvalue weighted by Crippen LogP contribution is -2.32. The molecule has 0 atom stereocenters. The second-order valence-electron chi connectivity index (χ2n) is 11.9. The Morgan fingerprint density at radius 1 is 0.837 bits per heavy atom. The van der Waals surface area contributed by atoms with Gasteiger partial charge >= 0.3 is 12.1 Å². The van der Waals surface area contributed by atoms with E-state index in [1.54, 1.807) is 28.3 Å².